The third-order valence-electron chi connectivity index (χ3n) is 2.79. The molecule has 1 aliphatic heterocycles. The van der Waals surface area contributed by atoms with E-state index in [-0.39, 0.29) is 17.9 Å². The second-order valence-corrected chi connectivity index (χ2v) is 4.13. The lowest BCUT2D eigenvalue weighted by Crippen LogP contribution is -2.20. The summed E-state index contributed by atoms with van der Waals surface area (Å²) in [5.41, 5.74) is 0.197. The summed E-state index contributed by atoms with van der Waals surface area (Å²) >= 11 is 0. The predicted octanol–water partition coefficient (Wildman–Crippen LogP) is 2.94. The highest BCUT2D eigenvalue weighted by atomic mass is 19.2. The SMILES string of the molecule is CC1CCC(CNc2cccc(F)c2F)O1. The molecule has 1 N–H and O–H groups in total. The average Bonchev–Trinajstić information content (AvgIpc) is 2.67. The summed E-state index contributed by atoms with van der Waals surface area (Å²) in [5, 5.41) is 2.88. The first-order valence-electron chi connectivity index (χ1n) is 5.50. The van der Waals surface area contributed by atoms with Crippen LogP contribution in [0.5, 0.6) is 0 Å². The van der Waals surface area contributed by atoms with Gasteiger partial charge in [-0.05, 0) is 31.9 Å². The Morgan fingerprint density at radius 1 is 1.38 bits per heavy atom. The Balaban J connectivity index is 1.92. The number of nitrogens with one attached hydrogen (secondary N) is 1. The number of ether oxygens (including phenoxy) is 1. The van der Waals surface area contributed by atoms with Crippen LogP contribution in [-0.2, 0) is 4.74 Å². The number of anilines is 1. The lowest BCUT2D eigenvalue weighted by atomic mass is 10.2. The van der Waals surface area contributed by atoms with Crippen molar-refractivity contribution in [1.82, 2.24) is 0 Å². The van der Waals surface area contributed by atoms with Gasteiger partial charge in [0.15, 0.2) is 11.6 Å². The van der Waals surface area contributed by atoms with E-state index in [9.17, 15) is 8.78 Å². The summed E-state index contributed by atoms with van der Waals surface area (Å²) in [6, 6.07) is 4.12. The van der Waals surface area contributed by atoms with Crippen molar-refractivity contribution in [3.05, 3.63) is 29.8 Å². The second-order valence-electron chi connectivity index (χ2n) is 4.13. The van der Waals surface area contributed by atoms with Gasteiger partial charge in [-0.15, -0.1) is 0 Å². The van der Waals surface area contributed by atoms with Crippen molar-refractivity contribution in [2.45, 2.75) is 32.0 Å². The van der Waals surface area contributed by atoms with Gasteiger partial charge in [0.2, 0.25) is 0 Å². The summed E-state index contributed by atoms with van der Waals surface area (Å²) in [5.74, 6) is -1.65. The van der Waals surface area contributed by atoms with Gasteiger partial charge in [-0.2, -0.15) is 0 Å². The molecule has 0 aromatic heterocycles. The number of benzene rings is 1. The second kappa shape index (κ2) is 4.78. The molecule has 16 heavy (non-hydrogen) atoms. The van der Waals surface area contributed by atoms with Gasteiger partial charge in [0.05, 0.1) is 17.9 Å². The highest BCUT2D eigenvalue weighted by Gasteiger charge is 2.21. The number of hydrogen-bond acceptors (Lipinski definition) is 2. The van der Waals surface area contributed by atoms with Crippen molar-refractivity contribution in [1.29, 1.82) is 0 Å². The van der Waals surface area contributed by atoms with Crippen LogP contribution in [0.1, 0.15) is 19.8 Å². The minimum atomic E-state index is -0.828. The van der Waals surface area contributed by atoms with Crippen LogP contribution in [0.2, 0.25) is 0 Å². The van der Waals surface area contributed by atoms with E-state index in [2.05, 4.69) is 5.32 Å². The molecular formula is C12H15F2NO. The molecule has 0 spiro atoms. The first-order valence-corrected chi connectivity index (χ1v) is 5.50. The van der Waals surface area contributed by atoms with E-state index in [0.717, 1.165) is 18.9 Å². The van der Waals surface area contributed by atoms with E-state index in [4.69, 9.17) is 4.74 Å². The van der Waals surface area contributed by atoms with Crippen molar-refractivity contribution >= 4 is 5.69 Å². The Morgan fingerprint density at radius 3 is 2.88 bits per heavy atom. The Kier molecular flexibility index (Phi) is 3.39. The number of hydrogen-bond donors (Lipinski definition) is 1. The van der Waals surface area contributed by atoms with E-state index in [1.807, 2.05) is 6.92 Å². The van der Waals surface area contributed by atoms with E-state index < -0.39 is 11.6 Å². The minimum absolute atomic E-state index is 0.0951. The van der Waals surface area contributed by atoms with E-state index in [1.54, 1.807) is 0 Å². The Labute approximate surface area is 93.6 Å². The molecule has 2 nitrogen and oxygen atoms in total. The molecule has 2 unspecified atom stereocenters. The van der Waals surface area contributed by atoms with E-state index in [0.29, 0.717) is 6.54 Å². The predicted molar refractivity (Wildman–Crippen MR) is 58.4 cm³/mol. The molecule has 1 fully saturated rings. The van der Waals surface area contributed by atoms with Gasteiger partial charge < -0.3 is 10.1 Å². The maximum Gasteiger partial charge on any atom is 0.181 e. The van der Waals surface area contributed by atoms with Crippen molar-refractivity contribution in [3.63, 3.8) is 0 Å². The van der Waals surface area contributed by atoms with Crippen molar-refractivity contribution < 1.29 is 13.5 Å². The minimum Gasteiger partial charge on any atom is -0.380 e. The van der Waals surface area contributed by atoms with Crippen molar-refractivity contribution in [3.8, 4) is 0 Å². The molecule has 0 radical (unpaired) electrons. The quantitative estimate of drug-likeness (QED) is 0.857. The van der Waals surface area contributed by atoms with Gasteiger partial charge in [0.25, 0.3) is 0 Å². The zero-order valence-electron chi connectivity index (χ0n) is 9.17. The molecule has 0 bridgehead atoms. The monoisotopic (exact) mass is 227 g/mol. The average molecular weight is 227 g/mol. The fourth-order valence-electron chi connectivity index (χ4n) is 1.90. The molecule has 2 atom stereocenters. The fraction of sp³-hybridized carbons (Fsp3) is 0.500. The van der Waals surface area contributed by atoms with Crippen molar-refractivity contribution in [2.75, 3.05) is 11.9 Å². The van der Waals surface area contributed by atoms with Crippen LogP contribution in [0, 0.1) is 11.6 Å². The Bertz CT molecular complexity index is 370. The molecule has 1 aromatic rings. The Hall–Kier alpha value is -1.16. The standard InChI is InChI=1S/C12H15F2NO/c1-8-5-6-9(16-8)7-15-11-4-2-3-10(13)12(11)14/h2-4,8-9,15H,5-7H2,1H3. The number of rotatable bonds is 3. The molecule has 0 amide bonds. The van der Waals surface area contributed by atoms with Gasteiger partial charge in [0, 0.05) is 6.54 Å². The Morgan fingerprint density at radius 2 is 2.19 bits per heavy atom. The lowest BCUT2D eigenvalue weighted by Gasteiger charge is -2.13. The molecule has 4 heteroatoms. The fourth-order valence-corrected chi connectivity index (χ4v) is 1.90. The van der Waals surface area contributed by atoms with Crippen LogP contribution >= 0.6 is 0 Å². The van der Waals surface area contributed by atoms with E-state index >= 15 is 0 Å². The third kappa shape index (κ3) is 2.50. The highest BCUT2D eigenvalue weighted by molar-refractivity contribution is 5.44. The maximum atomic E-state index is 13.3. The molecule has 1 aliphatic rings. The van der Waals surface area contributed by atoms with Crippen LogP contribution in [0.15, 0.2) is 18.2 Å². The zero-order chi connectivity index (χ0) is 11.5. The normalized spacial score (nSPS) is 24.7. The maximum absolute atomic E-state index is 13.3. The topological polar surface area (TPSA) is 21.3 Å². The zero-order valence-corrected chi connectivity index (χ0v) is 9.17. The van der Waals surface area contributed by atoms with Crippen LogP contribution in [0.25, 0.3) is 0 Å². The lowest BCUT2D eigenvalue weighted by molar-refractivity contribution is 0.0636. The van der Waals surface area contributed by atoms with Gasteiger partial charge in [-0.25, -0.2) is 8.78 Å². The molecule has 0 saturated carbocycles. The first-order chi connectivity index (χ1) is 7.66. The molecule has 88 valence electrons. The van der Waals surface area contributed by atoms with Gasteiger partial charge in [0.1, 0.15) is 0 Å². The molecule has 0 aliphatic carbocycles. The number of halogens is 2. The summed E-state index contributed by atoms with van der Waals surface area (Å²) in [4.78, 5) is 0. The summed E-state index contributed by atoms with van der Waals surface area (Å²) in [6.07, 6.45) is 2.35. The largest absolute Gasteiger partial charge is 0.380 e. The molecular weight excluding hydrogens is 212 g/mol. The first kappa shape index (κ1) is 11.3. The van der Waals surface area contributed by atoms with Gasteiger partial charge in [-0.3, -0.25) is 0 Å². The van der Waals surface area contributed by atoms with Crippen LogP contribution in [0.3, 0.4) is 0 Å². The van der Waals surface area contributed by atoms with E-state index in [1.165, 1.54) is 12.1 Å². The van der Waals surface area contributed by atoms with Crippen molar-refractivity contribution in [2.24, 2.45) is 0 Å². The van der Waals surface area contributed by atoms with Crippen LogP contribution < -0.4 is 5.32 Å². The van der Waals surface area contributed by atoms with Crippen LogP contribution in [0.4, 0.5) is 14.5 Å². The highest BCUT2D eigenvalue weighted by Crippen LogP contribution is 2.21. The summed E-state index contributed by atoms with van der Waals surface area (Å²) < 4.78 is 31.7. The summed E-state index contributed by atoms with van der Waals surface area (Å²) in [7, 11) is 0. The van der Waals surface area contributed by atoms with Crippen LogP contribution in [-0.4, -0.2) is 18.8 Å². The summed E-state index contributed by atoms with van der Waals surface area (Å²) in [6.45, 7) is 2.54. The molecule has 1 saturated heterocycles. The third-order valence-corrected chi connectivity index (χ3v) is 2.79. The molecule has 2 rings (SSSR count). The van der Waals surface area contributed by atoms with Gasteiger partial charge >= 0.3 is 0 Å². The molecule has 1 aromatic carbocycles. The van der Waals surface area contributed by atoms with Gasteiger partial charge in [-0.1, -0.05) is 6.07 Å². The molecule has 1 heterocycles. The smallest absolute Gasteiger partial charge is 0.181 e.